The molecule has 2 N–H and O–H groups in total. The Hall–Kier alpha value is -2.30. The molecule has 1 heterocycles. The van der Waals surface area contributed by atoms with Crippen molar-refractivity contribution in [3.63, 3.8) is 0 Å². The van der Waals surface area contributed by atoms with Crippen LogP contribution in [-0.2, 0) is 16.0 Å². The number of benzene rings is 1. The Morgan fingerprint density at radius 1 is 1.40 bits per heavy atom. The van der Waals surface area contributed by atoms with Crippen LogP contribution >= 0.6 is 0 Å². The van der Waals surface area contributed by atoms with Gasteiger partial charge in [0.15, 0.2) is 0 Å². The molecule has 106 valence electrons. The van der Waals surface area contributed by atoms with Gasteiger partial charge < -0.3 is 14.8 Å². The van der Waals surface area contributed by atoms with Crippen molar-refractivity contribution in [1.29, 1.82) is 0 Å². The first-order valence-corrected chi connectivity index (χ1v) is 6.50. The predicted molar refractivity (Wildman–Crippen MR) is 74.5 cm³/mol. The van der Waals surface area contributed by atoms with Gasteiger partial charge in [-0.15, -0.1) is 0 Å². The fourth-order valence-electron chi connectivity index (χ4n) is 2.09. The van der Waals surface area contributed by atoms with Crippen LogP contribution in [0.2, 0.25) is 0 Å². The predicted octanol–water partition coefficient (Wildman–Crippen LogP) is 2.26. The summed E-state index contributed by atoms with van der Waals surface area (Å²) in [6.45, 7) is 3.68. The molecule has 2 aromatic rings. The van der Waals surface area contributed by atoms with Gasteiger partial charge in [-0.2, -0.15) is 0 Å². The van der Waals surface area contributed by atoms with Gasteiger partial charge in [-0.25, -0.2) is 4.79 Å². The molecular formula is C15H17NO4. The topological polar surface area (TPSA) is 79.5 Å². The van der Waals surface area contributed by atoms with Crippen molar-refractivity contribution >= 4 is 22.8 Å². The molecule has 0 aliphatic heterocycles. The Kier molecular flexibility index (Phi) is 4.08. The van der Waals surface area contributed by atoms with Crippen LogP contribution < -0.4 is 5.32 Å². The van der Waals surface area contributed by atoms with Crippen LogP contribution in [0.1, 0.15) is 24.5 Å². The third-order valence-corrected chi connectivity index (χ3v) is 3.20. The molecule has 1 aromatic carbocycles. The highest BCUT2D eigenvalue weighted by molar-refractivity contribution is 5.89. The number of hydrogen-bond donors (Lipinski definition) is 2. The van der Waals surface area contributed by atoms with E-state index in [4.69, 9.17) is 9.52 Å². The fraction of sp³-hybridized carbons (Fsp3) is 0.333. The van der Waals surface area contributed by atoms with Gasteiger partial charge in [0.05, 0.1) is 12.7 Å². The second-order valence-electron chi connectivity index (χ2n) is 4.80. The molecule has 5 nitrogen and oxygen atoms in total. The maximum Gasteiger partial charge on any atom is 0.326 e. The number of hydrogen-bond acceptors (Lipinski definition) is 3. The number of carbonyl (C=O) groups excluding carboxylic acids is 1. The molecular weight excluding hydrogens is 258 g/mol. The zero-order chi connectivity index (χ0) is 14.7. The van der Waals surface area contributed by atoms with Crippen molar-refractivity contribution in [2.45, 2.75) is 32.7 Å². The minimum atomic E-state index is -1.02. The van der Waals surface area contributed by atoms with Crippen molar-refractivity contribution < 1.29 is 19.1 Å². The fourth-order valence-corrected chi connectivity index (χ4v) is 2.09. The number of nitrogens with one attached hydrogen (secondary N) is 1. The number of rotatable bonds is 5. The molecule has 0 aliphatic carbocycles. The minimum Gasteiger partial charge on any atom is -0.480 e. The Bertz CT molecular complexity index is 644. The van der Waals surface area contributed by atoms with E-state index in [2.05, 4.69) is 5.32 Å². The Morgan fingerprint density at radius 3 is 2.80 bits per heavy atom. The van der Waals surface area contributed by atoms with E-state index in [1.165, 1.54) is 0 Å². The summed E-state index contributed by atoms with van der Waals surface area (Å²) in [7, 11) is 0. The number of aliphatic carboxylic acids is 1. The van der Waals surface area contributed by atoms with Gasteiger partial charge >= 0.3 is 5.97 Å². The molecule has 0 spiro atoms. The van der Waals surface area contributed by atoms with E-state index in [0.29, 0.717) is 6.42 Å². The number of aryl methyl sites for hydroxylation is 1. The van der Waals surface area contributed by atoms with E-state index in [1.807, 2.05) is 25.1 Å². The van der Waals surface area contributed by atoms with Gasteiger partial charge in [0.2, 0.25) is 5.91 Å². The highest BCUT2D eigenvalue weighted by Gasteiger charge is 2.18. The van der Waals surface area contributed by atoms with Crippen molar-refractivity contribution in [1.82, 2.24) is 5.32 Å². The molecule has 0 bridgehead atoms. The second-order valence-corrected chi connectivity index (χ2v) is 4.80. The quantitative estimate of drug-likeness (QED) is 0.877. The molecule has 0 radical (unpaired) electrons. The van der Waals surface area contributed by atoms with E-state index >= 15 is 0 Å². The maximum atomic E-state index is 11.9. The monoisotopic (exact) mass is 275 g/mol. The highest BCUT2D eigenvalue weighted by atomic mass is 16.4. The van der Waals surface area contributed by atoms with Crippen LogP contribution in [0.5, 0.6) is 0 Å². The number of fused-ring (bicyclic) bond motifs is 1. The van der Waals surface area contributed by atoms with Crippen LogP contribution in [0.3, 0.4) is 0 Å². The van der Waals surface area contributed by atoms with E-state index in [9.17, 15) is 9.59 Å². The molecule has 1 atom stereocenters. The lowest BCUT2D eigenvalue weighted by molar-refractivity contribution is -0.141. The molecule has 20 heavy (non-hydrogen) atoms. The summed E-state index contributed by atoms with van der Waals surface area (Å²) in [6.07, 6.45) is 2.01. The van der Waals surface area contributed by atoms with Gasteiger partial charge in [0.25, 0.3) is 0 Å². The van der Waals surface area contributed by atoms with Gasteiger partial charge in [-0.05, 0) is 25.5 Å². The summed E-state index contributed by atoms with van der Waals surface area (Å²) in [4.78, 5) is 22.8. The zero-order valence-corrected chi connectivity index (χ0v) is 11.5. The third-order valence-electron chi connectivity index (χ3n) is 3.20. The Balaban J connectivity index is 2.14. The summed E-state index contributed by atoms with van der Waals surface area (Å²) in [5.41, 5.74) is 2.57. The first-order valence-electron chi connectivity index (χ1n) is 6.50. The van der Waals surface area contributed by atoms with Crippen LogP contribution in [0.15, 0.2) is 28.9 Å². The summed E-state index contributed by atoms with van der Waals surface area (Å²) in [5, 5.41) is 12.3. The molecule has 1 aromatic heterocycles. The first-order chi connectivity index (χ1) is 9.51. The van der Waals surface area contributed by atoms with Crippen LogP contribution in [0, 0.1) is 6.92 Å². The maximum absolute atomic E-state index is 11.9. The molecule has 2 rings (SSSR count). The van der Waals surface area contributed by atoms with Crippen LogP contribution in [0.4, 0.5) is 0 Å². The average molecular weight is 275 g/mol. The van der Waals surface area contributed by atoms with Gasteiger partial charge in [-0.3, -0.25) is 4.79 Å². The van der Waals surface area contributed by atoms with Crippen LogP contribution in [0.25, 0.3) is 11.0 Å². The number of furan rings is 1. The molecule has 1 unspecified atom stereocenters. The lowest BCUT2D eigenvalue weighted by Crippen LogP contribution is -2.40. The molecule has 0 saturated carbocycles. The Labute approximate surface area is 116 Å². The molecule has 5 heteroatoms. The first kappa shape index (κ1) is 14.1. The number of carbonyl (C=O) groups is 2. The summed E-state index contributed by atoms with van der Waals surface area (Å²) < 4.78 is 5.39. The molecule has 0 aliphatic rings. The third kappa shape index (κ3) is 2.99. The minimum absolute atomic E-state index is 0.111. The smallest absolute Gasteiger partial charge is 0.326 e. The summed E-state index contributed by atoms with van der Waals surface area (Å²) >= 11 is 0. The average Bonchev–Trinajstić information content (AvgIpc) is 2.78. The van der Waals surface area contributed by atoms with E-state index < -0.39 is 12.0 Å². The number of carboxylic acid groups (broad SMARTS) is 1. The molecule has 1 amide bonds. The van der Waals surface area contributed by atoms with E-state index in [1.54, 1.807) is 13.2 Å². The molecule has 0 saturated heterocycles. The normalized spacial score (nSPS) is 12.3. The van der Waals surface area contributed by atoms with Gasteiger partial charge in [0.1, 0.15) is 11.6 Å². The van der Waals surface area contributed by atoms with E-state index in [0.717, 1.165) is 22.1 Å². The van der Waals surface area contributed by atoms with Gasteiger partial charge in [0, 0.05) is 10.9 Å². The van der Waals surface area contributed by atoms with E-state index in [-0.39, 0.29) is 12.3 Å². The van der Waals surface area contributed by atoms with Gasteiger partial charge in [-0.1, -0.05) is 18.6 Å². The van der Waals surface area contributed by atoms with Crippen LogP contribution in [-0.4, -0.2) is 23.0 Å². The lowest BCUT2D eigenvalue weighted by atomic mass is 10.1. The van der Waals surface area contributed by atoms with Crippen molar-refractivity contribution in [3.8, 4) is 0 Å². The van der Waals surface area contributed by atoms with Crippen molar-refractivity contribution in [3.05, 3.63) is 35.6 Å². The standard InChI is InChI=1S/C15H17NO4/c1-3-12(15(18)19)16-14(17)7-10-8-20-13-5-4-9(2)6-11(10)13/h4-6,8,12H,3,7H2,1-2H3,(H,16,17)(H,18,19). The Morgan fingerprint density at radius 2 is 2.15 bits per heavy atom. The largest absolute Gasteiger partial charge is 0.480 e. The lowest BCUT2D eigenvalue weighted by Gasteiger charge is -2.11. The highest BCUT2D eigenvalue weighted by Crippen LogP contribution is 2.22. The summed E-state index contributed by atoms with van der Waals surface area (Å²) in [6, 6.07) is 4.91. The number of carboxylic acids is 1. The summed E-state index contributed by atoms with van der Waals surface area (Å²) in [5.74, 6) is -1.34. The molecule has 0 fully saturated rings. The van der Waals surface area contributed by atoms with Crippen molar-refractivity contribution in [2.24, 2.45) is 0 Å². The number of amides is 1. The van der Waals surface area contributed by atoms with Crippen molar-refractivity contribution in [2.75, 3.05) is 0 Å². The zero-order valence-electron chi connectivity index (χ0n) is 11.5. The second kappa shape index (κ2) is 5.77. The SMILES string of the molecule is CCC(NC(=O)Cc1coc2ccc(C)cc12)C(=O)O.